The molecule has 2 rings (SSSR count). The molecule has 16 heavy (non-hydrogen) atoms. The Morgan fingerprint density at radius 1 is 1.44 bits per heavy atom. The SMILES string of the molecule is CCn1c(Cl)cnc1Oc1cccc(C)c1. The van der Waals surface area contributed by atoms with Crippen LogP contribution in [-0.4, -0.2) is 9.55 Å². The first-order valence-electron chi connectivity index (χ1n) is 5.16. The highest BCUT2D eigenvalue weighted by atomic mass is 35.5. The number of nitrogens with zero attached hydrogens (tertiary/aromatic N) is 2. The number of aromatic nitrogens is 2. The number of rotatable bonds is 3. The van der Waals surface area contributed by atoms with Gasteiger partial charge in [-0.1, -0.05) is 23.7 Å². The standard InChI is InChI=1S/C12H13ClN2O/c1-3-15-11(13)8-14-12(15)16-10-6-4-5-9(2)7-10/h4-8H,3H2,1-2H3. The Morgan fingerprint density at radius 2 is 2.25 bits per heavy atom. The van der Waals surface area contributed by atoms with Crippen LogP contribution >= 0.6 is 11.6 Å². The minimum Gasteiger partial charge on any atom is -0.425 e. The number of aryl methyl sites for hydroxylation is 1. The average molecular weight is 237 g/mol. The van der Waals surface area contributed by atoms with Crippen LogP contribution in [-0.2, 0) is 6.54 Å². The van der Waals surface area contributed by atoms with Crippen LogP contribution in [0.2, 0.25) is 5.15 Å². The Bertz CT molecular complexity index is 494. The fourth-order valence-corrected chi connectivity index (χ4v) is 1.73. The van der Waals surface area contributed by atoms with Crippen LogP contribution in [0.4, 0.5) is 0 Å². The maximum Gasteiger partial charge on any atom is 0.303 e. The minimum absolute atomic E-state index is 0.526. The van der Waals surface area contributed by atoms with E-state index >= 15 is 0 Å². The highest BCUT2D eigenvalue weighted by Gasteiger charge is 2.08. The van der Waals surface area contributed by atoms with Crippen molar-refractivity contribution in [2.75, 3.05) is 0 Å². The van der Waals surface area contributed by atoms with E-state index < -0.39 is 0 Å². The zero-order valence-corrected chi connectivity index (χ0v) is 10.0. The molecule has 84 valence electrons. The van der Waals surface area contributed by atoms with Gasteiger partial charge in [-0.2, -0.15) is 0 Å². The van der Waals surface area contributed by atoms with Crippen molar-refractivity contribution in [2.24, 2.45) is 0 Å². The molecule has 0 saturated carbocycles. The van der Waals surface area contributed by atoms with E-state index in [1.54, 1.807) is 6.20 Å². The minimum atomic E-state index is 0.526. The van der Waals surface area contributed by atoms with E-state index in [0.29, 0.717) is 11.2 Å². The van der Waals surface area contributed by atoms with Gasteiger partial charge in [0.05, 0.1) is 6.20 Å². The first-order chi connectivity index (χ1) is 7.70. The molecule has 0 N–H and O–H groups in total. The second-order valence-corrected chi connectivity index (χ2v) is 3.91. The molecule has 0 fully saturated rings. The predicted molar refractivity (Wildman–Crippen MR) is 64.2 cm³/mol. The third-order valence-electron chi connectivity index (χ3n) is 2.29. The van der Waals surface area contributed by atoms with Gasteiger partial charge in [0.1, 0.15) is 10.9 Å². The monoisotopic (exact) mass is 236 g/mol. The molecule has 1 heterocycles. The third-order valence-corrected chi connectivity index (χ3v) is 2.59. The quantitative estimate of drug-likeness (QED) is 0.813. The van der Waals surface area contributed by atoms with Gasteiger partial charge in [-0.25, -0.2) is 4.98 Å². The van der Waals surface area contributed by atoms with Gasteiger partial charge in [-0.3, -0.25) is 4.57 Å². The Balaban J connectivity index is 2.27. The summed E-state index contributed by atoms with van der Waals surface area (Å²) in [4.78, 5) is 4.12. The highest BCUT2D eigenvalue weighted by molar-refractivity contribution is 6.29. The van der Waals surface area contributed by atoms with E-state index in [1.807, 2.05) is 42.7 Å². The van der Waals surface area contributed by atoms with Crippen molar-refractivity contribution in [3.05, 3.63) is 41.2 Å². The molecule has 0 bridgehead atoms. The van der Waals surface area contributed by atoms with Crippen LogP contribution in [0.1, 0.15) is 12.5 Å². The number of hydrogen-bond donors (Lipinski definition) is 0. The fraction of sp³-hybridized carbons (Fsp3) is 0.250. The lowest BCUT2D eigenvalue weighted by atomic mass is 10.2. The Kier molecular flexibility index (Phi) is 3.15. The van der Waals surface area contributed by atoms with Gasteiger partial charge < -0.3 is 4.74 Å². The van der Waals surface area contributed by atoms with Crippen LogP contribution in [0.5, 0.6) is 11.8 Å². The summed E-state index contributed by atoms with van der Waals surface area (Å²) in [5.74, 6) is 0.775. The molecular weight excluding hydrogens is 224 g/mol. The Labute approximate surface area is 99.6 Å². The molecule has 0 amide bonds. The number of halogens is 1. The van der Waals surface area contributed by atoms with Gasteiger partial charge in [0.2, 0.25) is 0 Å². The van der Waals surface area contributed by atoms with E-state index in [2.05, 4.69) is 4.98 Å². The molecule has 0 saturated heterocycles. The summed E-state index contributed by atoms with van der Waals surface area (Å²) in [6, 6.07) is 8.36. The maximum absolute atomic E-state index is 5.96. The van der Waals surface area contributed by atoms with Crippen LogP contribution in [0.15, 0.2) is 30.5 Å². The van der Waals surface area contributed by atoms with Crippen LogP contribution in [0.25, 0.3) is 0 Å². The van der Waals surface area contributed by atoms with Gasteiger partial charge >= 0.3 is 6.01 Å². The van der Waals surface area contributed by atoms with Crippen molar-refractivity contribution >= 4 is 11.6 Å². The fourth-order valence-electron chi connectivity index (χ4n) is 1.49. The van der Waals surface area contributed by atoms with Crippen molar-refractivity contribution in [1.29, 1.82) is 0 Å². The second-order valence-electron chi connectivity index (χ2n) is 3.53. The summed E-state index contributed by atoms with van der Waals surface area (Å²) < 4.78 is 7.48. The van der Waals surface area contributed by atoms with E-state index in [1.165, 1.54) is 0 Å². The normalized spacial score (nSPS) is 10.4. The van der Waals surface area contributed by atoms with Crippen molar-refractivity contribution in [2.45, 2.75) is 20.4 Å². The van der Waals surface area contributed by atoms with Gasteiger partial charge in [0.25, 0.3) is 0 Å². The summed E-state index contributed by atoms with van der Waals surface area (Å²) in [5.41, 5.74) is 1.15. The van der Waals surface area contributed by atoms with Crippen LogP contribution in [0, 0.1) is 6.92 Å². The molecule has 0 atom stereocenters. The topological polar surface area (TPSA) is 27.1 Å². The zero-order valence-electron chi connectivity index (χ0n) is 9.27. The molecule has 0 aliphatic rings. The lowest BCUT2D eigenvalue weighted by molar-refractivity contribution is 0.415. The number of ether oxygens (including phenoxy) is 1. The third kappa shape index (κ3) is 2.19. The molecule has 0 spiro atoms. The summed E-state index contributed by atoms with van der Waals surface area (Å²) in [5, 5.41) is 0.588. The van der Waals surface area contributed by atoms with E-state index in [-0.39, 0.29) is 0 Å². The molecule has 0 aliphatic carbocycles. The molecule has 4 heteroatoms. The summed E-state index contributed by atoms with van der Waals surface area (Å²) in [6.45, 7) is 4.75. The molecular formula is C12H13ClN2O. The van der Waals surface area contributed by atoms with E-state index in [0.717, 1.165) is 17.9 Å². The predicted octanol–water partition coefficient (Wildman–Crippen LogP) is 3.66. The summed E-state index contributed by atoms with van der Waals surface area (Å²) in [6.07, 6.45) is 1.59. The molecule has 0 radical (unpaired) electrons. The molecule has 0 unspecified atom stereocenters. The highest BCUT2D eigenvalue weighted by Crippen LogP contribution is 2.24. The molecule has 3 nitrogen and oxygen atoms in total. The summed E-state index contributed by atoms with van der Waals surface area (Å²) >= 11 is 5.96. The molecule has 2 aromatic rings. The Hall–Kier alpha value is -1.48. The van der Waals surface area contributed by atoms with E-state index in [9.17, 15) is 0 Å². The molecule has 0 aliphatic heterocycles. The van der Waals surface area contributed by atoms with Crippen LogP contribution < -0.4 is 4.74 Å². The van der Waals surface area contributed by atoms with Crippen LogP contribution in [0.3, 0.4) is 0 Å². The first kappa shape index (κ1) is 11.0. The number of hydrogen-bond acceptors (Lipinski definition) is 2. The van der Waals surface area contributed by atoms with Gasteiger partial charge in [-0.15, -0.1) is 0 Å². The number of imidazole rings is 1. The van der Waals surface area contributed by atoms with Crippen molar-refractivity contribution in [3.8, 4) is 11.8 Å². The average Bonchev–Trinajstić information content (AvgIpc) is 2.59. The van der Waals surface area contributed by atoms with Crippen molar-refractivity contribution in [1.82, 2.24) is 9.55 Å². The largest absolute Gasteiger partial charge is 0.425 e. The van der Waals surface area contributed by atoms with Gasteiger partial charge in [0.15, 0.2) is 0 Å². The van der Waals surface area contributed by atoms with Gasteiger partial charge in [-0.05, 0) is 31.5 Å². The summed E-state index contributed by atoms with van der Waals surface area (Å²) in [7, 11) is 0. The molecule has 1 aromatic heterocycles. The van der Waals surface area contributed by atoms with E-state index in [4.69, 9.17) is 16.3 Å². The lowest BCUT2D eigenvalue weighted by Crippen LogP contribution is -1.98. The maximum atomic E-state index is 5.96. The first-order valence-corrected chi connectivity index (χ1v) is 5.54. The van der Waals surface area contributed by atoms with Crippen molar-refractivity contribution < 1.29 is 4.74 Å². The molecule has 1 aromatic carbocycles. The van der Waals surface area contributed by atoms with Gasteiger partial charge in [0, 0.05) is 6.54 Å². The Morgan fingerprint density at radius 3 is 2.94 bits per heavy atom. The second kappa shape index (κ2) is 4.58. The lowest BCUT2D eigenvalue weighted by Gasteiger charge is -2.07. The zero-order chi connectivity index (χ0) is 11.5. The number of benzene rings is 1. The van der Waals surface area contributed by atoms with Crippen molar-refractivity contribution in [3.63, 3.8) is 0 Å². The smallest absolute Gasteiger partial charge is 0.303 e.